The summed E-state index contributed by atoms with van der Waals surface area (Å²) in [4.78, 5) is 72.5. The number of allylic oxidation sites excluding steroid dienone is 3. The van der Waals surface area contributed by atoms with Crippen LogP contribution in [0.4, 0.5) is 13.2 Å². The highest BCUT2D eigenvalue weighted by molar-refractivity contribution is 5.92. The maximum absolute atomic E-state index is 14.1. The van der Waals surface area contributed by atoms with E-state index in [0.29, 0.717) is 0 Å². The minimum atomic E-state index is -4.92. The van der Waals surface area contributed by atoms with E-state index in [9.17, 15) is 47.3 Å². The first kappa shape index (κ1) is 38.4. The number of benzene rings is 1. The summed E-state index contributed by atoms with van der Waals surface area (Å²) in [5.41, 5.74) is -2.98. The standard InChI is InChI=1S/C31H35F3N2O13/c1-14-24(25(26(36(42)43)15(2)35-14)20-9-7-8-10-21(20)31(32,33)34)30(41)44-12-11-22-27(46-17(4)38)29(48-19(6)40)28(47-18(5)39)23(49-22)13-45-16(3)37/h7-10,22-23,25,27-29,35H,11-13H2,1-6H3/t22-,23+,25?,27-,28+,29+/m0/s1. The molecule has 1 aromatic carbocycles. The Bertz CT molecular complexity index is 1550. The molecule has 0 saturated carbocycles. The van der Waals surface area contributed by atoms with Crippen LogP contribution in [0.1, 0.15) is 65.0 Å². The zero-order chi connectivity index (χ0) is 36.8. The molecule has 1 N–H and O–H groups in total. The molecule has 0 aromatic heterocycles. The zero-order valence-corrected chi connectivity index (χ0v) is 27.3. The number of esters is 5. The van der Waals surface area contributed by atoms with Crippen LogP contribution >= 0.6 is 0 Å². The topological polar surface area (TPSA) is 196 Å². The Morgan fingerprint density at radius 2 is 1.39 bits per heavy atom. The van der Waals surface area contributed by atoms with E-state index in [1.807, 2.05) is 0 Å². The fourth-order valence-corrected chi connectivity index (χ4v) is 5.70. The number of carbonyl (C=O) groups excluding carboxylic acids is 5. The molecule has 2 heterocycles. The van der Waals surface area contributed by atoms with Crippen molar-refractivity contribution in [2.75, 3.05) is 13.2 Å². The monoisotopic (exact) mass is 700 g/mol. The highest BCUT2D eigenvalue weighted by atomic mass is 19.4. The Balaban J connectivity index is 1.97. The molecule has 15 nitrogen and oxygen atoms in total. The maximum atomic E-state index is 14.1. The summed E-state index contributed by atoms with van der Waals surface area (Å²) in [5, 5.41) is 14.8. The van der Waals surface area contributed by atoms with E-state index in [2.05, 4.69) is 5.32 Å². The molecule has 2 aliphatic heterocycles. The van der Waals surface area contributed by atoms with Crippen LogP contribution in [0.3, 0.4) is 0 Å². The average molecular weight is 701 g/mol. The van der Waals surface area contributed by atoms with Gasteiger partial charge < -0.3 is 33.7 Å². The fraction of sp³-hybridized carbons (Fsp3) is 0.516. The minimum Gasteiger partial charge on any atom is -0.463 e. The van der Waals surface area contributed by atoms with Gasteiger partial charge in [0, 0.05) is 39.8 Å². The number of carbonyl (C=O) groups is 5. The Kier molecular flexibility index (Phi) is 12.5. The molecular formula is C31H35F3N2O13. The molecule has 1 unspecified atom stereocenters. The normalized spacial score (nSPS) is 23.9. The number of nitro groups is 1. The van der Waals surface area contributed by atoms with Gasteiger partial charge in [-0.05, 0) is 25.5 Å². The highest BCUT2D eigenvalue weighted by Crippen LogP contribution is 2.44. The zero-order valence-electron chi connectivity index (χ0n) is 27.3. The molecule has 1 aromatic rings. The first-order valence-corrected chi connectivity index (χ1v) is 14.8. The second kappa shape index (κ2) is 15.9. The first-order valence-electron chi connectivity index (χ1n) is 14.8. The van der Waals surface area contributed by atoms with Crippen LogP contribution in [-0.2, 0) is 58.6 Å². The lowest BCUT2D eigenvalue weighted by Gasteiger charge is -2.44. The largest absolute Gasteiger partial charge is 0.463 e. The molecule has 0 amide bonds. The number of hydrogen-bond acceptors (Lipinski definition) is 14. The highest BCUT2D eigenvalue weighted by Gasteiger charge is 2.52. The van der Waals surface area contributed by atoms with Gasteiger partial charge in [-0.15, -0.1) is 0 Å². The van der Waals surface area contributed by atoms with Gasteiger partial charge in [0.2, 0.25) is 0 Å². The summed E-state index contributed by atoms with van der Waals surface area (Å²) in [7, 11) is 0. The SMILES string of the molecule is CC(=O)OC[C@H]1O[C@@H](CCOC(=O)C2=C(C)NC(C)=C([N+](=O)[O-])C2c2ccccc2C(F)(F)F)[C@H](OC(C)=O)[C@@H](OC(C)=O)[C@@H]1OC(C)=O. The van der Waals surface area contributed by atoms with Crippen molar-refractivity contribution in [2.24, 2.45) is 0 Å². The van der Waals surface area contributed by atoms with Gasteiger partial charge in [-0.1, -0.05) is 18.2 Å². The van der Waals surface area contributed by atoms with Crippen molar-refractivity contribution in [3.05, 3.63) is 68.2 Å². The Morgan fingerprint density at radius 1 is 0.837 bits per heavy atom. The number of rotatable bonds is 11. The molecule has 0 spiro atoms. The third kappa shape index (κ3) is 9.55. The molecule has 2 aliphatic rings. The lowest BCUT2D eigenvalue weighted by Crippen LogP contribution is -2.62. The van der Waals surface area contributed by atoms with Crippen molar-refractivity contribution in [3.8, 4) is 0 Å². The summed E-state index contributed by atoms with van der Waals surface area (Å²) in [6.45, 7) is 5.81. The van der Waals surface area contributed by atoms with Gasteiger partial charge >= 0.3 is 36.0 Å². The number of ether oxygens (including phenoxy) is 6. The lowest BCUT2D eigenvalue weighted by atomic mass is 9.81. The molecular weight excluding hydrogens is 665 g/mol. The number of nitrogens with one attached hydrogen (secondary N) is 1. The van der Waals surface area contributed by atoms with Crippen molar-refractivity contribution in [1.82, 2.24) is 5.32 Å². The first-order chi connectivity index (χ1) is 22.8. The second-order valence-corrected chi connectivity index (χ2v) is 11.1. The Hall–Kier alpha value is -5.00. The van der Waals surface area contributed by atoms with E-state index in [-0.39, 0.29) is 17.8 Å². The molecule has 1 saturated heterocycles. The van der Waals surface area contributed by atoms with Crippen molar-refractivity contribution in [3.63, 3.8) is 0 Å². The summed E-state index contributed by atoms with van der Waals surface area (Å²) < 4.78 is 74.7. The van der Waals surface area contributed by atoms with Crippen LogP contribution in [0.5, 0.6) is 0 Å². The second-order valence-electron chi connectivity index (χ2n) is 11.1. The van der Waals surface area contributed by atoms with Gasteiger partial charge in [-0.25, -0.2) is 4.79 Å². The predicted molar refractivity (Wildman–Crippen MR) is 157 cm³/mol. The van der Waals surface area contributed by atoms with Crippen LogP contribution in [-0.4, -0.2) is 78.5 Å². The average Bonchev–Trinajstić information content (AvgIpc) is 2.97. The van der Waals surface area contributed by atoms with Crippen LogP contribution in [0.25, 0.3) is 0 Å². The lowest BCUT2D eigenvalue weighted by molar-refractivity contribution is -0.431. The van der Waals surface area contributed by atoms with Gasteiger partial charge in [0.1, 0.15) is 24.7 Å². The third-order valence-corrected chi connectivity index (χ3v) is 7.44. The Labute approximate surface area is 277 Å². The van der Waals surface area contributed by atoms with E-state index in [1.54, 1.807) is 0 Å². The molecule has 6 atom stereocenters. The van der Waals surface area contributed by atoms with E-state index >= 15 is 0 Å². The van der Waals surface area contributed by atoms with Crippen molar-refractivity contribution in [1.29, 1.82) is 0 Å². The summed E-state index contributed by atoms with van der Waals surface area (Å²) in [5.74, 6) is -6.28. The van der Waals surface area contributed by atoms with Gasteiger partial charge in [0.25, 0.3) is 5.70 Å². The van der Waals surface area contributed by atoms with Crippen molar-refractivity contribution in [2.45, 2.75) is 90.6 Å². The van der Waals surface area contributed by atoms with E-state index in [1.165, 1.54) is 19.9 Å². The number of alkyl halides is 3. The van der Waals surface area contributed by atoms with Crippen LogP contribution in [0, 0.1) is 10.1 Å². The molecule has 3 rings (SSSR count). The maximum Gasteiger partial charge on any atom is 0.416 e. The van der Waals surface area contributed by atoms with Crippen molar-refractivity contribution >= 4 is 29.8 Å². The predicted octanol–water partition coefficient (Wildman–Crippen LogP) is 3.23. The third-order valence-electron chi connectivity index (χ3n) is 7.44. The van der Waals surface area contributed by atoms with Crippen LogP contribution in [0.15, 0.2) is 46.9 Å². The van der Waals surface area contributed by atoms with Gasteiger partial charge in [-0.2, -0.15) is 13.2 Å². The Morgan fingerprint density at radius 3 is 1.92 bits per heavy atom. The molecule has 0 aliphatic carbocycles. The number of dihydropyridines is 1. The van der Waals surface area contributed by atoms with Gasteiger partial charge in [0.15, 0.2) is 18.3 Å². The minimum absolute atomic E-state index is 0.00220. The van der Waals surface area contributed by atoms with Crippen LogP contribution in [0.2, 0.25) is 0 Å². The summed E-state index contributed by atoms with van der Waals surface area (Å²) in [6.07, 6.45) is -12.1. The van der Waals surface area contributed by atoms with Gasteiger partial charge in [-0.3, -0.25) is 29.3 Å². The molecule has 1 fully saturated rings. The molecule has 49 heavy (non-hydrogen) atoms. The summed E-state index contributed by atoms with van der Waals surface area (Å²) >= 11 is 0. The molecule has 18 heteroatoms. The fourth-order valence-electron chi connectivity index (χ4n) is 5.70. The van der Waals surface area contributed by atoms with Gasteiger partial charge in [0.05, 0.1) is 28.4 Å². The molecule has 0 radical (unpaired) electrons. The number of nitrogens with zero attached hydrogens (tertiary/aromatic N) is 1. The van der Waals surface area contributed by atoms with E-state index in [0.717, 1.165) is 45.9 Å². The molecule has 268 valence electrons. The number of hydrogen-bond donors (Lipinski definition) is 1. The number of halogens is 3. The molecule has 0 bridgehead atoms. The quantitative estimate of drug-likeness (QED) is 0.153. The van der Waals surface area contributed by atoms with E-state index < -0.39 is 113 Å². The van der Waals surface area contributed by atoms with Crippen LogP contribution < -0.4 is 5.32 Å². The smallest absolute Gasteiger partial charge is 0.416 e. The summed E-state index contributed by atoms with van der Waals surface area (Å²) in [6, 6.07) is 4.14. The van der Waals surface area contributed by atoms with E-state index in [4.69, 9.17) is 28.4 Å². The van der Waals surface area contributed by atoms with Crippen molar-refractivity contribution < 1.29 is 70.5 Å².